The summed E-state index contributed by atoms with van der Waals surface area (Å²) < 4.78 is 0. The molecule has 2 nitrogen and oxygen atoms in total. The van der Waals surface area contributed by atoms with Crippen molar-refractivity contribution in [3.8, 4) is 0 Å². The van der Waals surface area contributed by atoms with Gasteiger partial charge in [-0.1, -0.05) is 0 Å². The van der Waals surface area contributed by atoms with Crippen LogP contribution in [0.5, 0.6) is 0 Å². The van der Waals surface area contributed by atoms with E-state index in [-0.39, 0.29) is 0 Å². The fourth-order valence-electron chi connectivity index (χ4n) is 2.89. The molecule has 0 unspecified atom stereocenters. The second kappa shape index (κ2) is 4.83. The highest BCUT2D eigenvalue weighted by Crippen LogP contribution is 2.31. The Balaban J connectivity index is 1.67. The second-order valence-electron chi connectivity index (χ2n) is 5.91. The summed E-state index contributed by atoms with van der Waals surface area (Å²) in [4.78, 5) is 4.88. The Kier molecular flexibility index (Phi) is 3.19. The van der Waals surface area contributed by atoms with Gasteiger partial charge >= 0.3 is 0 Å². The zero-order chi connectivity index (χ0) is 12.5. The van der Waals surface area contributed by atoms with Gasteiger partial charge in [-0.2, -0.15) is 0 Å². The van der Waals surface area contributed by atoms with Crippen molar-refractivity contribution in [3.63, 3.8) is 0 Å². The first kappa shape index (κ1) is 11.9. The Morgan fingerprint density at radius 2 is 1.06 bits per heavy atom. The Morgan fingerprint density at radius 1 is 0.722 bits per heavy atom. The Morgan fingerprint density at radius 3 is 1.28 bits per heavy atom. The average molecular weight is 244 g/mol. The molecule has 0 radical (unpaired) electrons. The third-order valence-electron chi connectivity index (χ3n) is 4.91. The van der Waals surface area contributed by atoms with Crippen LogP contribution in [0.1, 0.15) is 38.5 Å². The minimum atomic E-state index is 0.778. The highest BCUT2D eigenvalue weighted by Gasteiger charge is 2.24. The summed E-state index contributed by atoms with van der Waals surface area (Å²) in [7, 11) is 4.46. The van der Waals surface area contributed by atoms with Gasteiger partial charge in [0.2, 0.25) is 0 Å². The van der Waals surface area contributed by atoms with Crippen LogP contribution in [0, 0.1) is 0 Å². The SMILES string of the molecule is CN(c1ccc(N(C)C2CCC2)cc1)C1CCC1. The molecule has 18 heavy (non-hydrogen) atoms. The normalized spacial score (nSPS) is 20.1. The molecule has 2 aliphatic rings. The molecule has 0 spiro atoms. The van der Waals surface area contributed by atoms with Crippen molar-refractivity contribution >= 4 is 11.4 Å². The smallest absolute Gasteiger partial charge is 0.0367 e. The van der Waals surface area contributed by atoms with Gasteiger partial charge in [-0.05, 0) is 62.8 Å². The second-order valence-corrected chi connectivity index (χ2v) is 5.91. The van der Waals surface area contributed by atoms with Crippen LogP contribution in [0.25, 0.3) is 0 Å². The van der Waals surface area contributed by atoms with Gasteiger partial charge in [0.05, 0.1) is 0 Å². The van der Waals surface area contributed by atoms with Crippen LogP contribution >= 0.6 is 0 Å². The van der Waals surface area contributed by atoms with E-state index in [1.807, 2.05) is 0 Å². The molecule has 98 valence electrons. The summed E-state index contributed by atoms with van der Waals surface area (Å²) in [6.07, 6.45) is 8.25. The molecule has 1 aromatic rings. The van der Waals surface area contributed by atoms with Gasteiger partial charge in [-0.25, -0.2) is 0 Å². The number of anilines is 2. The van der Waals surface area contributed by atoms with Gasteiger partial charge in [-0.15, -0.1) is 0 Å². The van der Waals surface area contributed by atoms with E-state index in [1.54, 1.807) is 0 Å². The third-order valence-corrected chi connectivity index (χ3v) is 4.91. The maximum absolute atomic E-state index is 2.44. The van der Waals surface area contributed by atoms with E-state index in [2.05, 4.69) is 48.2 Å². The Hall–Kier alpha value is -1.18. The number of rotatable bonds is 4. The molecule has 0 aromatic heterocycles. The largest absolute Gasteiger partial charge is 0.372 e. The van der Waals surface area contributed by atoms with Crippen molar-refractivity contribution in [2.45, 2.75) is 50.6 Å². The molecule has 0 amide bonds. The molecule has 2 saturated carbocycles. The van der Waals surface area contributed by atoms with E-state index in [4.69, 9.17) is 0 Å². The summed E-state index contributed by atoms with van der Waals surface area (Å²) in [5.41, 5.74) is 2.73. The molecule has 2 fully saturated rings. The summed E-state index contributed by atoms with van der Waals surface area (Å²) in [6.45, 7) is 0. The summed E-state index contributed by atoms with van der Waals surface area (Å²) in [5.74, 6) is 0. The first-order chi connectivity index (χ1) is 8.75. The minimum Gasteiger partial charge on any atom is -0.372 e. The minimum absolute atomic E-state index is 0.778. The zero-order valence-electron chi connectivity index (χ0n) is 11.6. The van der Waals surface area contributed by atoms with E-state index in [0.717, 1.165) is 12.1 Å². The highest BCUT2D eigenvalue weighted by molar-refractivity contribution is 5.57. The van der Waals surface area contributed by atoms with Gasteiger partial charge in [0.15, 0.2) is 0 Å². The molecule has 0 bridgehead atoms. The highest BCUT2D eigenvalue weighted by atomic mass is 15.2. The van der Waals surface area contributed by atoms with Gasteiger partial charge in [-0.3, -0.25) is 0 Å². The van der Waals surface area contributed by atoms with E-state index < -0.39 is 0 Å². The van der Waals surface area contributed by atoms with Crippen LogP contribution in [-0.2, 0) is 0 Å². The number of hydrogen-bond acceptors (Lipinski definition) is 2. The van der Waals surface area contributed by atoms with Gasteiger partial charge < -0.3 is 9.80 Å². The molecule has 2 aliphatic carbocycles. The Labute approximate surface area is 111 Å². The predicted molar refractivity (Wildman–Crippen MR) is 78.5 cm³/mol. The molecular formula is C16H24N2. The lowest BCUT2D eigenvalue weighted by atomic mass is 9.91. The molecule has 2 heteroatoms. The lowest BCUT2D eigenvalue weighted by Crippen LogP contribution is -2.38. The van der Waals surface area contributed by atoms with Crippen LogP contribution in [-0.4, -0.2) is 26.2 Å². The number of benzene rings is 1. The Bertz CT molecular complexity index is 351. The quantitative estimate of drug-likeness (QED) is 0.797. The lowest BCUT2D eigenvalue weighted by molar-refractivity contribution is 0.400. The number of nitrogens with zero attached hydrogens (tertiary/aromatic N) is 2. The van der Waals surface area contributed by atoms with E-state index in [0.29, 0.717) is 0 Å². The van der Waals surface area contributed by atoms with Crippen molar-refractivity contribution in [1.29, 1.82) is 0 Å². The van der Waals surface area contributed by atoms with Gasteiger partial charge in [0.1, 0.15) is 0 Å². The van der Waals surface area contributed by atoms with Crippen molar-refractivity contribution in [2.75, 3.05) is 23.9 Å². The molecule has 0 N–H and O–H groups in total. The molecule has 0 atom stereocenters. The summed E-state index contributed by atoms with van der Waals surface area (Å²) >= 11 is 0. The van der Waals surface area contributed by atoms with Crippen LogP contribution in [0.2, 0.25) is 0 Å². The van der Waals surface area contributed by atoms with E-state index in [1.165, 1.54) is 49.9 Å². The van der Waals surface area contributed by atoms with E-state index in [9.17, 15) is 0 Å². The molecule has 0 heterocycles. The van der Waals surface area contributed by atoms with Crippen LogP contribution in [0.4, 0.5) is 11.4 Å². The van der Waals surface area contributed by atoms with E-state index >= 15 is 0 Å². The molecule has 0 aliphatic heterocycles. The summed E-state index contributed by atoms with van der Waals surface area (Å²) in [6, 6.07) is 10.7. The standard InChI is InChI=1S/C16H24N2/c1-17(13-5-3-6-13)15-9-11-16(12-10-15)18(2)14-7-4-8-14/h9-14H,3-8H2,1-2H3. The first-order valence-electron chi connectivity index (χ1n) is 7.31. The maximum Gasteiger partial charge on any atom is 0.0367 e. The van der Waals surface area contributed by atoms with Crippen molar-refractivity contribution in [1.82, 2.24) is 0 Å². The van der Waals surface area contributed by atoms with Crippen molar-refractivity contribution in [3.05, 3.63) is 24.3 Å². The molecular weight excluding hydrogens is 220 g/mol. The maximum atomic E-state index is 2.44. The van der Waals surface area contributed by atoms with Gasteiger partial charge in [0.25, 0.3) is 0 Å². The van der Waals surface area contributed by atoms with Crippen LogP contribution in [0.3, 0.4) is 0 Å². The fourth-order valence-corrected chi connectivity index (χ4v) is 2.89. The number of hydrogen-bond donors (Lipinski definition) is 0. The monoisotopic (exact) mass is 244 g/mol. The first-order valence-corrected chi connectivity index (χ1v) is 7.31. The third kappa shape index (κ3) is 2.09. The predicted octanol–water partition coefficient (Wildman–Crippen LogP) is 3.66. The van der Waals surface area contributed by atoms with Crippen molar-refractivity contribution < 1.29 is 0 Å². The molecule has 0 saturated heterocycles. The summed E-state index contributed by atoms with van der Waals surface area (Å²) in [5, 5.41) is 0. The van der Waals surface area contributed by atoms with Gasteiger partial charge in [0, 0.05) is 37.6 Å². The van der Waals surface area contributed by atoms with Crippen LogP contribution < -0.4 is 9.80 Å². The average Bonchev–Trinajstić information content (AvgIpc) is 2.24. The molecule has 1 aromatic carbocycles. The van der Waals surface area contributed by atoms with Crippen molar-refractivity contribution in [2.24, 2.45) is 0 Å². The zero-order valence-corrected chi connectivity index (χ0v) is 11.6. The lowest BCUT2D eigenvalue weighted by Gasteiger charge is -2.38. The van der Waals surface area contributed by atoms with Crippen LogP contribution in [0.15, 0.2) is 24.3 Å². The fraction of sp³-hybridized carbons (Fsp3) is 0.625. The topological polar surface area (TPSA) is 6.48 Å². The molecule has 3 rings (SSSR count).